The molecule has 0 bridgehead atoms. The van der Waals surface area contributed by atoms with Gasteiger partial charge in [-0.05, 0) is 37.6 Å². The van der Waals surface area contributed by atoms with Gasteiger partial charge >= 0.3 is 11.9 Å². The number of ether oxygens (including phenoxy) is 2. The maximum absolute atomic E-state index is 12.2. The smallest absolute Gasteiger partial charge is 0.433 e. The number of nitrogens with one attached hydrogen (secondary N) is 1. The molecule has 0 aliphatic rings. The van der Waals surface area contributed by atoms with Crippen molar-refractivity contribution in [1.29, 1.82) is 0 Å². The number of aryl methyl sites for hydroxylation is 1. The predicted octanol–water partition coefficient (Wildman–Crippen LogP) is 2.69. The fourth-order valence-electron chi connectivity index (χ4n) is 1.96. The van der Waals surface area contributed by atoms with Crippen LogP contribution in [0.15, 0.2) is 34.7 Å². The van der Waals surface area contributed by atoms with Gasteiger partial charge in [0.1, 0.15) is 10.7 Å². The lowest BCUT2D eigenvalue weighted by Gasteiger charge is -2.15. The van der Waals surface area contributed by atoms with Gasteiger partial charge in [0.25, 0.3) is 5.91 Å². The van der Waals surface area contributed by atoms with Crippen molar-refractivity contribution in [3.8, 4) is 5.75 Å². The number of hydrogen-bond acceptors (Lipinski definition) is 7. The zero-order valence-electron chi connectivity index (χ0n) is 13.8. The molecular weight excluding hydrogens is 332 g/mol. The van der Waals surface area contributed by atoms with E-state index in [0.717, 1.165) is 17.7 Å². The third-order valence-electron chi connectivity index (χ3n) is 3.24. The largest absolute Gasteiger partial charge is 0.495 e. The van der Waals surface area contributed by atoms with Crippen molar-refractivity contribution >= 4 is 23.4 Å². The van der Waals surface area contributed by atoms with Crippen LogP contribution in [0.25, 0.3) is 0 Å². The first-order chi connectivity index (χ1) is 11.8. The molecule has 9 heteroatoms. The lowest BCUT2D eigenvalue weighted by atomic mass is 10.2. The minimum atomic E-state index is -1.15. The van der Waals surface area contributed by atoms with Crippen LogP contribution >= 0.6 is 0 Å². The highest BCUT2D eigenvalue weighted by molar-refractivity contribution is 5.97. The second kappa shape index (κ2) is 7.47. The highest BCUT2D eigenvalue weighted by Gasteiger charge is 2.24. The monoisotopic (exact) mass is 348 g/mol. The molecule has 0 aliphatic carbocycles. The number of nitrogens with zero attached hydrogens (tertiary/aromatic N) is 1. The number of esters is 1. The van der Waals surface area contributed by atoms with E-state index in [0.29, 0.717) is 11.4 Å². The first-order valence-electron chi connectivity index (χ1n) is 7.22. The number of methoxy groups -OCH3 is 1. The Morgan fingerprint density at radius 2 is 2.00 bits per heavy atom. The molecule has 2 rings (SSSR count). The molecule has 0 saturated heterocycles. The Labute approximate surface area is 142 Å². The average Bonchev–Trinajstić information content (AvgIpc) is 3.05. The third kappa shape index (κ3) is 4.34. The van der Waals surface area contributed by atoms with Gasteiger partial charge in [0, 0.05) is 0 Å². The predicted molar refractivity (Wildman–Crippen MR) is 86.6 cm³/mol. The van der Waals surface area contributed by atoms with E-state index >= 15 is 0 Å². The van der Waals surface area contributed by atoms with Crippen LogP contribution in [0.1, 0.15) is 23.0 Å². The van der Waals surface area contributed by atoms with E-state index in [9.17, 15) is 19.7 Å². The maximum Gasteiger partial charge on any atom is 0.433 e. The van der Waals surface area contributed by atoms with Crippen LogP contribution in [0.4, 0.5) is 11.6 Å². The molecule has 1 aromatic heterocycles. The number of hydrogen-bond donors (Lipinski definition) is 1. The van der Waals surface area contributed by atoms with Crippen LogP contribution < -0.4 is 10.1 Å². The molecule has 1 amide bonds. The highest BCUT2D eigenvalue weighted by Crippen LogP contribution is 2.25. The number of anilines is 1. The van der Waals surface area contributed by atoms with Crippen molar-refractivity contribution in [2.45, 2.75) is 20.0 Å². The molecule has 1 aromatic carbocycles. The Bertz CT molecular complexity index is 813. The van der Waals surface area contributed by atoms with E-state index in [1.807, 2.05) is 13.0 Å². The Balaban J connectivity index is 2.03. The van der Waals surface area contributed by atoms with Crippen LogP contribution in [-0.4, -0.2) is 30.0 Å². The first-order valence-corrected chi connectivity index (χ1v) is 7.22. The van der Waals surface area contributed by atoms with Crippen molar-refractivity contribution in [1.82, 2.24) is 0 Å². The van der Waals surface area contributed by atoms with E-state index in [-0.39, 0.29) is 5.76 Å². The summed E-state index contributed by atoms with van der Waals surface area (Å²) in [5.74, 6) is -2.06. The van der Waals surface area contributed by atoms with Gasteiger partial charge in [-0.3, -0.25) is 14.9 Å². The molecule has 0 aliphatic heterocycles. The summed E-state index contributed by atoms with van der Waals surface area (Å²) in [6.07, 6.45) is -1.15. The fourth-order valence-corrected chi connectivity index (χ4v) is 1.96. The lowest BCUT2D eigenvalue weighted by molar-refractivity contribution is -0.402. The number of carbonyl (C=O) groups excluding carboxylic acids is 2. The number of benzene rings is 1. The van der Waals surface area contributed by atoms with Crippen LogP contribution in [0, 0.1) is 17.0 Å². The Morgan fingerprint density at radius 3 is 2.60 bits per heavy atom. The number of amides is 1. The van der Waals surface area contributed by atoms with Crippen LogP contribution in [0.5, 0.6) is 5.75 Å². The van der Waals surface area contributed by atoms with Gasteiger partial charge in [-0.15, -0.1) is 0 Å². The van der Waals surface area contributed by atoms with E-state index in [2.05, 4.69) is 5.32 Å². The fraction of sp³-hybridized carbons (Fsp3) is 0.250. The summed E-state index contributed by atoms with van der Waals surface area (Å²) >= 11 is 0. The Hall–Kier alpha value is -3.36. The van der Waals surface area contributed by atoms with Crippen molar-refractivity contribution < 1.29 is 28.4 Å². The van der Waals surface area contributed by atoms with Gasteiger partial charge in [0.05, 0.1) is 18.9 Å². The highest BCUT2D eigenvalue weighted by atomic mass is 16.7. The quantitative estimate of drug-likeness (QED) is 0.484. The first kappa shape index (κ1) is 18.0. The van der Waals surface area contributed by atoms with E-state index in [1.165, 1.54) is 14.0 Å². The van der Waals surface area contributed by atoms with Crippen molar-refractivity contribution in [2.75, 3.05) is 12.4 Å². The van der Waals surface area contributed by atoms with Crippen molar-refractivity contribution in [2.24, 2.45) is 0 Å². The molecule has 9 nitrogen and oxygen atoms in total. The van der Waals surface area contributed by atoms with E-state index < -0.39 is 28.8 Å². The van der Waals surface area contributed by atoms with Gasteiger partial charge < -0.3 is 19.2 Å². The summed E-state index contributed by atoms with van der Waals surface area (Å²) in [6.45, 7) is 3.22. The maximum atomic E-state index is 12.2. The number of carbonyl (C=O) groups is 2. The normalized spacial score (nSPS) is 11.5. The molecule has 1 N–H and O–H groups in total. The minimum absolute atomic E-state index is 0.362. The topological polar surface area (TPSA) is 121 Å². The summed E-state index contributed by atoms with van der Waals surface area (Å²) in [6, 6.07) is 7.36. The molecule has 0 radical (unpaired) electrons. The number of furan rings is 1. The van der Waals surface area contributed by atoms with Crippen molar-refractivity contribution in [3.63, 3.8) is 0 Å². The summed E-state index contributed by atoms with van der Waals surface area (Å²) in [5, 5.41) is 13.1. The SMILES string of the molecule is COc1ccc(C)cc1NC(=O)[C@@H](C)OC(=O)c1ccc([N+](=O)[O-])o1. The van der Waals surface area contributed by atoms with Crippen LogP contribution in [0.2, 0.25) is 0 Å². The summed E-state index contributed by atoms with van der Waals surface area (Å²) in [7, 11) is 1.47. The molecule has 25 heavy (non-hydrogen) atoms. The van der Waals surface area contributed by atoms with Gasteiger partial charge in [0.2, 0.25) is 5.76 Å². The molecule has 1 atom stereocenters. The standard InChI is InChI=1S/C16H16N2O7/c1-9-4-5-12(23-3)11(8-9)17-15(19)10(2)24-16(20)13-6-7-14(25-13)18(21)22/h4-8,10H,1-3H3,(H,17,19)/t10-/m1/s1. The molecule has 2 aromatic rings. The van der Waals surface area contributed by atoms with E-state index in [4.69, 9.17) is 13.9 Å². The van der Waals surface area contributed by atoms with Gasteiger partial charge in [-0.1, -0.05) is 6.07 Å². The molecule has 0 spiro atoms. The van der Waals surface area contributed by atoms with E-state index in [1.54, 1.807) is 12.1 Å². The minimum Gasteiger partial charge on any atom is -0.495 e. The zero-order valence-corrected chi connectivity index (χ0v) is 13.8. The van der Waals surface area contributed by atoms with Crippen LogP contribution in [-0.2, 0) is 9.53 Å². The van der Waals surface area contributed by atoms with Crippen molar-refractivity contribution in [3.05, 3.63) is 51.8 Å². The zero-order chi connectivity index (χ0) is 18.6. The average molecular weight is 348 g/mol. The number of rotatable bonds is 6. The Morgan fingerprint density at radius 1 is 1.28 bits per heavy atom. The van der Waals surface area contributed by atoms with Crippen LogP contribution in [0.3, 0.4) is 0 Å². The third-order valence-corrected chi connectivity index (χ3v) is 3.24. The lowest BCUT2D eigenvalue weighted by Crippen LogP contribution is -2.30. The molecule has 0 unspecified atom stereocenters. The Kier molecular flexibility index (Phi) is 5.38. The second-order valence-electron chi connectivity index (χ2n) is 5.14. The molecule has 0 fully saturated rings. The molecule has 132 valence electrons. The van der Waals surface area contributed by atoms with Gasteiger partial charge in [0.15, 0.2) is 6.10 Å². The summed E-state index contributed by atoms with van der Waals surface area (Å²) in [4.78, 5) is 33.8. The van der Waals surface area contributed by atoms with Gasteiger partial charge in [-0.25, -0.2) is 4.79 Å². The van der Waals surface area contributed by atoms with Gasteiger partial charge in [-0.2, -0.15) is 0 Å². The summed E-state index contributed by atoms with van der Waals surface area (Å²) in [5.41, 5.74) is 1.34. The molecule has 1 heterocycles. The molecule has 0 saturated carbocycles. The second-order valence-corrected chi connectivity index (χ2v) is 5.14. The summed E-state index contributed by atoms with van der Waals surface area (Å²) < 4.78 is 14.8. The number of nitro groups is 1. The molecular formula is C16H16N2O7.